The first-order chi connectivity index (χ1) is 9.66. The monoisotopic (exact) mass is 330 g/mol. The summed E-state index contributed by atoms with van der Waals surface area (Å²) >= 11 is 3.53. The maximum Gasteiger partial charge on any atom is 0.177 e. The molecule has 7 heteroatoms. The van der Waals surface area contributed by atoms with E-state index in [1.807, 2.05) is 36.4 Å². The van der Waals surface area contributed by atoms with Gasteiger partial charge in [0.05, 0.1) is 5.69 Å². The molecule has 6 nitrogen and oxygen atoms in total. The molecule has 0 saturated heterocycles. The summed E-state index contributed by atoms with van der Waals surface area (Å²) in [5.41, 5.74) is 15.5. The standard InChI is InChI=1S/C13H11BrN6/c14-9-5-6-10(8-4-2-1-3-7(8)9)17-18-11-12(15)19-20-13(11)16/h1-6,17H,(H4,15,16,18,19,20). The van der Waals surface area contributed by atoms with E-state index in [1.165, 1.54) is 0 Å². The van der Waals surface area contributed by atoms with Crippen LogP contribution in [0, 0.1) is 0 Å². The predicted molar refractivity (Wildman–Crippen MR) is 86.0 cm³/mol. The predicted octanol–water partition coefficient (Wildman–Crippen LogP) is 2.01. The van der Waals surface area contributed by atoms with Crippen LogP contribution >= 0.6 is 15.9 Å². The van der Waals surface area contributed by atoms with Crippen LogP contribution in [0.15, 0.2) is 56.2 Å². The molecule has 1 aliphatic rings. The summed E-state index contributed by atoms with van der Waals surface area (Å²) < 4.78 is 1.02. The molecule has 0 amide bonds. The Labute approximate surface area is 123 Å². The number of rotatable bonds is 2. The lowest BCUT2D eigenvalue weighted by Crippen LogP contribution is -2.32. The van der Waals surface area contributed by atoms with E-state index in [9.17, 15) is 0 Å². The molecule has 0 aliphatic carbocycles. The van der Waals surface area contributed by atoms with E-state index in [0.717, 1.165) is 20.9 Å². The second-order valence-electron chi connectivity index (χ2n) is 4.18. The summed E-state index contributed by atoms with van der Waals surface area (Å²) in [6.07, 6.45) is 0. The molecule has 2 aromatic carbocycles. The fraction of sp³-hybridized carbons (Fsp3) is 0. The van der Waals surface area contributed by atoms with Crippen LogP contribution in [-0.2, 0) is 0 Å². The second-order valence-corrected chi connectivity index (χ2v) is 5.04. The van der Waals surface area contributed by atoms with E-state index in [2.05, 4.69) is 36.7 Å². The van der Waals surface area contributed by atoms with E-state index < -0.39 is 0 Å². The number of hydrogen-bond acceptors (Lipinski definition) is 6. The Morgan fingerprint density at radius 1 is 0.950 bits per heavy atom. The number of anilines is 1. The Bertz CT molecular complexity index is 758. The summed E-state index contributed by atoms with van der Waals surface area (Å²) in [6.45, 7) is 0. The second kappa shape index (κ2) is 4.93. The number of amidine groups is 2. The van der Waals surface area contributed by atoms with Crippen molar-refractivity contribution >= 4 is 49.8 Å². The molecule has 0 bridgehead atoms. The first kappa shape index (κ1) is 12.6. The summed E-state index contributed by atoms with van der Waals surface area (Å²) in [5, 5.41) is 13.6. The van der Waals surface area contributed by atoms with E-state index in [1.54, 1.807) is 0 Å². The minimum absolute atomic E-state index is 0.205. The lowest BCUT2D eigenvalue weighted by Gasteiger charge is -2.08. The zero-order chi connectivity index (χ0) is 14.1. The molecule has 1 aliphatic heterocycles. The highest BCUT2D eigenvalue weighted by Crippen LogP contribution is 2.29. The molecule has 0 fully saturated rings. The lowest BCUT2D eigenvalue weighted by atomic mass is 10.1. The van der Waals surface area contributed by atoms with Gasteiger partial charge in [-0.2, -0.15) is 5.10 Å². The molecule has 3 rings (SSSR count). The summed E-state index contributed by atoms with van der Waals surface area (Å²) in [7, 11) is 0. The lowest BCUT2D eigenvalue weighted by molar-refractivity contribution is 1.25. The SMILES string of the molecule is NC1=NN=C(N)C1=NNc1ccc(Br)c2ccccc12. The fourth-order valence-electron chi connectivity index (χ4n) is 1.92. The van der Waals surface area contributed by atoms with Crippen molar-refractivity contribution in [1.82, 2.24) is 0 Å². The zero-order valence-electron chi connectivity index (χ0n) is 10.3. The molecular weight excluding hydrogens is 320 g/mol. The largest absolute Gasteiger partial charge is 0.380 e. The Balaban J connectivity index is 2.01. The molecule has 0 saturated carbocycles. The first-order valence-electron chi connectivity index (χ1n) is 5.85. The highest BCUT2D eigenvalue weighted by atomic mass is 79.9. The van der Waals surface area contributed by atoms with Gasteiger partial charge in [-0.1, -0.05) is 40.2 Å². The molecule has 0 atom stereocenters. The van der Waals surface area contributed by atoms with Crippen molar-refractivity contribution in [3.63, 3.8) is 0 Å². The summed E-state index contributed by atoms with van der Waals surface area (Å²) in [5.74, 6) is 0.410. The Hall–Kier alpha value is -2.41. The van der Waals surface area contributed by atoms with Crippen molar-refractivity contribution < 1.29 is 0 Å². The maximum absolute atomic E-state index is 5.65. The molecule has 20 heavy (non-hydrogen) atoms. The average Bonchev–Trinajstić information content (AvgIpc) is 2.78. The van der Waals surface area contributed by atoms with Crippen molar-refractivity contribution in [3.8, 4) is 0 Å². The molecule has 0 spiro atoms. The van der Waals surface area contributed by atoms with Crippen molar-refractivity contribution in [3.05, 3.63) is 40.9 Å². The topological polar surface area (TPSA) is 101 Å². The van der Waals surface area contributed by atoms with Crippen LogP contribution in [-0.4, -0.2) is 17.4 Å². The van der Waals surface area contributed by atoms with Gasteiger partial charge in [0.25, 0.3) is 0 Å². The van der Waals surface area contributed by atoms with Crippen LogP contribution in [0.5, 0.6) is 0 Å². The quantitative estimate of drug-likeness (QED) is 0.734. The van der Waals surface area contributed by atoms with Gasteiger partial charge in [-0.25, -0.2) is 0 Å². The van der Waals surface area contributed by atoms with Crippen molar-refractivity contribution in [2.24, 2.45) is 26.8 Å². The van der Waals surface area contributed by atoms with Gasteiger partial charge >= 0.3 is 0 Å². The van der Waals surface area contributed by atoms with Crippen LogP contribution in [0.4, 0.5) is 5.69 Å². The van der Waals surface area contributed by atoms with Gasteiger partial charge in [0.2, 0.25) is 0 Å². The summed E-state index contributed by atoms with van der Waals surface area (Å²) in [6, 6.07) is 11.9. The van der Waals surface area contributed by atoms with Crippen LogP contribution < -0.4 is 16.9 Å². The van der Waals surface area contributed by atoms with Crippen LogP contribution in [0.2, 0.25) is 0 Å². The smallest absolute Gasteiger partial charge is 0.177 e. The molecule has 2 aromatic rings. The maximum atomic E-state index is 5.65. The van der Waals surface area contributed by atoms with Crippen molar-refractivity contribution in [2.75, 3.05) is 5.43 Å². The first-order valence-corrected chi connectivity index (χ1v) is 6.64. The van der Waals surface area contributed by atoms with Gasteiger partial charge in [0.1, 0.15) is 0 Å². The number of nitrogens with zero attached hydrogens (tertiary/aromatic N) is 3. The number of hydrogen-bond donors (Lipinski definition) is 3. The third kappa shape index (κ3) is 2.12. The molecule has 0 unspecified atom stereocenters. The Kier molecular flexibility index (Phi) is 3.11. The minimum atomic E-state index is 0.205. The number of benzene rings is 2. The Morgan fingerprint density at radius 3 is 2.30 bits per heavy atom. The van der Waals surface area contributed by atoms with Gasteiger partial charge in [-0.05, 0) is 17.5 Å². The van der Waals surface area contributed by atoms with Crippen molar-refractivity contribution in [2.45, 2.75) is 0 Å². The van der Waals surface area contributed by atoms with Crippen LogP contribution in [0.3, 0.4) is 0 Å². The highest BCUT2D eigenvalue weighted by molar-refractivity contribution is 9.10. The Morgan fingerprint density at radius 2 is 1.60 bits per heavy atom. The molecule has 5 N–H and O–H groups in total. The fourth-order valence-corrected chi connectivity index (χ4v) is 2.40. The molecular formula is C13H11BrN6. The number of nitrogens with two attached hydrogens (primary N) is 2. The van der Waals surface area contributed by atoms with Crippen LogP contribution in [0.25, 0.3) is 10.8 Å². The molecule has 1 heterocycles. The number of nitrogens with one attached hydrogen (secondary N) is 1. The molecule has 100 valence electrons. The van der Waals surface area contributed by atoms with Gasteiger partial charge in [-0.3, -0.25) is 5.43 Å². The summed E-state index contributed by atoms with van der Waals surface area (Å²) in [4.78, 5) is 0. The van der Waals surface area contributed by atoms with Crippen molar-refractivity contribution in [1.29, 1.82) is 0 Å². The van der Waals surface area contributed by atoms with Crippen LogP contribution in [0.1, 0.15) is 0 Å². The number of hydrazone groups is 1. The minimum Gasteiger partial charge on any atom is -0.380 e. The van der Waals surface area contributed by atoms with Gasteiger partial charge in [0, 0.05) is 9.86 Å². The van der Waals surface area contributed by atoms with Gasteiger partial charge in [-0.15, -0.1) is 10.2 Å². The highest BCUT2D eigenvalue weighted by Gasteiger charge is 2.16. The zero-order valence-corrected chi connectivity index (χ0v) is 11.9. The molecule has 0 radical (unpaired) electrons. The molecule has 0 aromatic heterocycles. The third-order valence-corrected chi connectivity index (χ3v) is 3.60. The number of halogens is 1. The third-order valence-electron chi connectivity index (χ3n) is 2.91. The number of fused-ring (bicyclic) bond motifs is 1. The van der Waals surface area contributed by atoms with E-state index in [0.29, 0.717) is 5.71 Å². The van der Waals surface area contributed by atoms with Gasteiger partial charge in [0.15, 0.2) is 17.4 Å². The van der Waals surface area contributed by atoms with Gasteiger partial charge < -0.3 is 11.5 Å². The average molecular weight is 331 g/mol. The van der Waals surface area contributed by atoms with E-state index in [4.69, 9.17) is 11.5 Å². The van der Waals surface area contributed by atoms with E-state index >= 15 is 0 Å². The van der Waals surface area contributed by atoms with E-state index in [-0.39, 0.29) is 11.7 Å². The normalized spacial score (nSPS) is 14.2.